The molecule has 1 aliphatic carbocycles. The first-order valence-corrected chi connectivity index (χ1v) is 15.5. The van der Waals surface area contributed by atoms with Gasteiger partial charge >= 0.3 is 0 Å². The summed E-state index contributed by atoms with van der Waals surface area (Å²) < 4.78 is 14.3. The smallest absolute Gasteiger partial charge is 0.193 e. The van der Waals surface area contributed by atoms with Gasteiger partial charge in [-0.15, -0.1) is 0 Å². The normalized spacial score (nSPS) is 22.4. The number of nitrogens with one attached hydrogen (secondary N) is 1. The van der Waals surface area contributed by atoms with Crippen LogP contribution in [0.5, 0.6) is 0 Å². The fourth-order valence-electron chi connectivity index (χ4n) is 4.70. The molecule has 1 saturated carbocycles. The van der Waals surface area contributed by atoms with Gasteiger partial charge in [-0.2, -0.15) is 0 Å². The lowest BCUT2D eigenvalue weighted by molar-refractivity contribution is 0.189. The van der Waals surface area contributed by atoms with Crippen LogP contribution in [0.15, 0.2) is 47.2 Å². The zero-order chi connectivity index (χ0) is 24.8. The Hall–Kier alpha value is -2.66. The van der Waals surface area contributed by atoms with Gasteiger partial charge in [-0.3, -0.25) is 0 Å². The topological polar surface area (TPSA) is 65.1 Å². The molecule has 3 heterocycles. The predicted molar refractivity (Wildman–Crippen MR) is 140 cm³/mol. The quantitative estimate of drug-likeness (QED) is 0.367. The minimum atomic E-state index is -1.90. The van der Waals surface area contributed by atoms with Crippen molar-refractivity contribution in [1.29, 1.82) is 0 Å². The number of fused-ring (bicyclic) bond motifs is 1. The minimum Gasteiger partial charge on any atom is -0.407 e. The van der Waals surface area contributed by atoms with E-state index in [0.717, 1.165) is 53.3 Å². The van der Waals surface area contributed by atoms with Gasteiger partial charge in [-0.1, -0.05) is 37.8 Å². The Morgan fingerprint density at radius 3 is 2.60 bits per heavy atom. The molecule has 0 spiro atoms. The lowest BCUT2D eigenvalue weighted by Gasteiger charge is -2.38. The molecule has 0 bridgehead atoms. The van der Waals surface area contributed by atoms with Crippen LogP contribution in [-0.2, 0) is 11.0 Å². The fraction of sp³-hybridized carbons (Fsp3) is 0.500. The molecule has 0 amide bonds. The van der Waals surface area contributed by atoms with E-state index in [1.54, 1.807) is 0 Å². The lowest BCUT2D eigenvalue weighted by atomic mass is 10.1. The molecule has 35 heavy (non-hydrogen) atoms. The summed E-state index contributed by atoms with van der Waals surface area (Å²) in [6.45, 7) is 16.2. The third kappa shape index (κ3) is 5.01. The second kappa shape index (κ2) is 9.09. The number of benzene rings is 1. The van der Waals surface area contributed by atoms with Crippen LogP contribution in [0.2, 0.25) is 18.1 Å². The first-order chi connectivity index (χ1) is 16.6. The first-order valence-electron chi connectivity index (χ1n) is 12.6. The molecule has 3 atom stereocenters. The zero-order valence-corrected chi connectivity index (χ0v) is 22.6. The van der Waals surface area contributed by atoms with Crippen molar-refractivity contribution in [2.45, 2.75) is 58.5 Å². The maximum Gasteiger partial charge on any atom is 0.193 e. The number of piperidine rings is 1. The van der Waals surface area contributed by atoms with Crippen molar-refractivity contribution in [3.05, 3.63) is 59.8 Å². The van der Waals surface area contributed by atoms with Crippen molar-refractivity contribution in [1.82, 2.24) is 20.0 Å². The largest absolute Gasteiger partial charge is 0.407 e. The summed E-state index contributed by atoms with van der Waals surface area (Å²) in [4.78, 5) is 4.59. The monoisotopic (exact) mass is 488 g/mol. The molecule has 2 fully saturated rings. The maximum absolute atomic E-state index is 6.57. The van der Waals surface area contributed by atoms with Crippen molar-refractivity contribution < 1.29 is 8.95 Å². The van der Waals surface area contributed by atoms with Gasteiger partial charge < -0.3 is 18.8 Å². The van der Waals surface area contributed by atoms with Gasteiger partial charge in [0, 0.05) is 35.5 Å². The van der Waals surface area contributed by atoms with Crippen LogP contribution in [0.3, 0.4) is 0 Å². The Labute approximate surface area is 209 Å². The molecule has 2 aromatic heterocycles. The molecule has 7 heteroatoms. The Kier molecular flexibility index (Phi) is 6.24. The molecule has 1 N–H and O–H groups in total. The van der Waals surface area contributed by atoms with Crippen LogP contribution in [-0.4, -0.2) is 36.1 Å². The molecule has 3 aromatic rings. The number of rotatable bonds is 6. The highest BCUT2D eigenvalue weighted by Gasteiger charge is 2.51. The predicted octanol–water partition coefficient (Wildman–Crippen LogP) is 5.49. The van der Waals surface area contributed by atoms with Crippen molar-refractivity contribution in [3.63, 3.8) is 0 Å². The van der Waals surface area contributed by atoms with Crippen molar-refractivity contribution in [2.24, 2.45) is 17.8 Å². The molecular weight excluding hydrogens is 452 g/mol. The summed E-state index contributed by atoms with van der Waals surface area (Å²) in [5.74, 6) is 10.6. The highest BCUT2D eigenvalue weighted by atomic mass is 28.4. The summed E-state index contributed by atoms with van der Waals surface area (Å²) >= 11 is 0. The number of hydrogen-bond acceptors (Lipinski definition) is 5. The molecule has 1 saturated heterocycles. The van der Waals surface area contributed by atoms with E-state index in [2.05, 4.69) is 96.9 Å². The number of nitrogens with zero attached hydrogens (tertiary/aromatic N) is 3. The van der Waals surface area contributed by atoms with Crippen molar-refractivity contribution >= 4 is 8.32 Å². The summed E-state index contributed by atoms with van der Waals surface area (Å²) in [5.41, 5.74) is 2.91. The highest BCUT2D eigenvalue weighted by molar-refractivity contribution is 6.74. The Morgan fingerprint density at radius 2 is 1.91 bits per heavy atom. The fourth-order valence-corrected chi connectivity index (χ4v) is 6.04. The van der Waals surface area contributed by atoms with E-state index in [1.165, 1.54) is 0 Å². The third-order valence-electron chi connectivity index (χ3n) is 7.92. The van der Waals surface area contributed by atoms with Crippen molar-refractivity contribution in [2.75, 3.05) is 13.1 Å². The van der Waals surface area contributed by atoms with Crippen LogP contribution in [0.1, 0.15) is 50.9 Å². The standard InChI is InChI=1S/C28H36N4O2Si/c1-19(34-35(5,6)28(2,3)4)27-30-13-14-32(27)18-22-15-26(33-31-22)21-10-7-20(8-11-21)9-12-23-24-16-29-17-25(23)24/h7-8,10-11,13-15,19,23-25,29H,16-18H2,1-6H3/t19-,23?,24?,25?/m0/s1. The Morgan fingerprint density at radius 1 is 1.20 bits per heavy atom. The second-order valence-electron chi connectivity index (χ2n) is 11.5. The maximum atomic E-state index is 6.57. The van der Waals surface area contributed by atoms with Gasteiger partial charge in [0.15, 0.2) is 14.1 Å². The summed E-state index contributed by atoms with van der Waals surface area (Å²) in [6.07, 6.45) is 3.72. The molecule has 2 unspecified atom stereocenters. The van der Waals surface area contributed by atoms with E-state index in [-0.39, 0.29) is 11.1 Å². The van der Waals surface area contributed by atoms with Crippen LogP contribution in [0.4, 0.5) is 0 Å². The first kappa shape index (κ1) is 24.0. The summed E-state index contributed by atoms with van der Waals surface area (Å²) in [6, 6.07) is 10.2. The van der Waals surface area contributed by atoms with E-state index in [4.69, 9.17) is 8.95 Å². The average molecular weight is 489 g/mol. The lowest BCUT2D eigenvalue weighted by Crippen LogP contribution is -2.41. The van der Waals surface area contributed by atoms with Crippen LogP contribution < -0.4 is 5.32 Å². The van der Waals surface area contributed by atoms with Crippen LogP contribution >= 0.6 is 0 Å². The van der Waals surface area contributed by atoms with Gasteiger partial charge in [-0.05, 0) is 74.2 Å². The van der Waals surface area contributed by atoms with E-state index in [0.29, 0.717) is 12.5 Å². The highest BCUT2D eigenvalue weighted by Crippen LogP contribution is 2.48. The second-order valence-corrected chi connectivity index (χ2v) is 16.2. The third-order valence-corrected chi connectivity index (χ3v) is 12.5. The SMILES string of the molecule is C[C@H](O[Si](C)(C)C(C)(C)C)c1nccn1Cc1cc(-c2ccc(C#CC3C4CNCC34)cc2)on1. The zero-order valence-electron chi connectivity index (χ0n) is 21.6. The Balaban J connectivity index is 1.23. The molecule has 2 aliphatic rings. The number of hydrogen-bond donors (Lipinski definition) is 1. The molecule has 1 aliphatic heterocycles. The van der Waals surface area contributed by atoms with E-state index in [9.17, 15) is 0 Å². The molecule has 184 valence electrons. The van der Waals surface area contributed by atoms with Crippen LogP contribution in [0.25, 0.3) is 11.3 Å². The number of aromatic nitrogens is 3. The molecular formula is C28H36N4O2Si. The van der Waals surface area contributed by atoms with E-state index in [1.807, 2.05) is 18.5 Å². The molecule has 0 radical (unpaired) electrons. The van der Waals surface area contributed by atoms with Gasteiger partial charge in [0.25, 0.3) is 0 Å². The summed E-state index contributed by atoms with van der Waals surface area (Å²) in [5, 5.41) is 7.88. The number of imidazole rings is 1. The van der Waals surface area contributed by atoms with Gasteiger partial charge in [0.1, 0.15) is 17.6 Å². The van der Waals surface area contributed by atoms with Crippen LogP contribution in [0, 0.1) is 29.6 Å². The van der Waals surface area contributed by atoms with Gasteiger partial charge in [0.05, 0.1) is 6.54 Å². The van der Waals surface area contributed by atoms with E-state index < -0.39 is 8.32 Å². The summed E-state index contributed by atoms with van der Waals surface area (Å²) in [7, 11) is -1.90. The van der Waals surface area contributed by atoms with Gasteiger partial charge in [0.2, 0.25) is 0 Å². The molecule has 6 nitrogen and oxygen atoms in total. The van der Waals surface area contributed by atoms with E-state index >= 15 is 0 Å². The molecule has 5 rings (SSSR count). The minimum absolute atomic E-state index is 0.0858. The Bertz CT molecular complexity index is 1230. The van der Waals surface area contributed by atoms with Gasteiger partial charge in [-0.25, -0.2) is 4.98 Å². The average Bonchev–Trinajstić information content (AvgIpc) is 3.31. The molecule has 1 aromatic carbocycles. The van der Waals surface area contributed by atoms with Crippen molar-refractivity contribution in [3.8, 4) is 23.2 Å².